The van der Waals surface area contributed by atoms with E-state index in [1.165, 1.54) is 6.20 Å². The highest BCUT2D eigenvalue weighted by Gasteiger charge is 2.08. The van der Waals surface area contributed by atoms with Gasteiger partial charge in [0.1, 0.15) is 6.07 Å². The van der Waals surface area contributed by atoms with Crippen LogP contribution in [0.4, 0.5) is 0 Å². The monoisotopic (exact) mass is 163 g/mol. The molecule has 0 saturated carbocycles. The predicted octanol–water partition coefficient (Wildman–Crippen LogP) is -0.0546. The lowest BCUT2D eigenvalue weighted by molar-refractivity contribution is 0.268. The van der Waals surface area contributed by atoms with Crippen LogP contribution < -0.4 is 5.73 Å². The molecule has 1 aromatic rings. The van der Waals surface area contributed by atoms with Crippen LogP contribution in [0.15, 0.2) is 18.5 Å². The van der Waals surface area contributed by atoms with Gasteiger partial charge in [-0.2, -0.15) is 5.26 Å². The Bertz CT molecular complexity index is 305. The van der Waals surface area contributed by atoms with Crippen molar-refractivity contribution in [2.45, 2.75) is 6.04 Å². The number of hydrogen-bond donors (Lipinski definition) is 2. The summed E-state index contributed by atoms with van der Waals surface area (Å²) in [7, 11) is 0. The molecule has 0 spiro atoms. The molecule has 3 N–H and O–H groups in total. The van der Waals surface area contributed by atoms with Crippen LogP contribution in [0.5, 0.6) is 0 Å². The van der Waals surface area contributed by atoms with Crippen molar-refractivity contribution in [1.82, 2.24) is 4.98 Å². The average Bonchev–Trinajstić information content (AvgIpc) is 2.16. The second-order valence-electron chi connectivity index (χ2n) is 2.36. The Morgan fingerprint density at radius 1 is 1.75 bits per heavy atom. The first-order valence-corrected chi connectivity index (χ1v) is 3.50. The second-order valence-corrected chi connectivity index (χ2v) is 2.36. The molecule has 62 valence electrons. The molecule has 4 nitrogen and oxygen atoms in total. The molecule has 4 heteroatoms. The van der Waals surface area contributed by atoms with Crippen LogP contribution in [0.2, 0.25) is 0 Å². The van der Waals surface area contributed by atoms with Crippen molar-refractivity contribution in [2.75, 3.05) is 6.61 Å². The van der Waals surface area contributed by atoms with Gasteiger partial charge < -0.3 is 10.8 Å². The molecule has 1 rings (SSSR count). The Morgan fingerprint density at radius 3 is 3.08 bits per heavy atom. The number of nitrogens with zero attached hydrogens (tertiary/aromatic N) is 2. The Balaban J connectivity index is 3.07. The van der Waals surface area contributed by atoms with Crippen LogP contribution in [0.1, 0.15) is 17.2 Å². The van der Waals surface area contributed by atoms with E-state index in [0.717, 1.165) is 0 Å². The zero-order valence-electron chi connectivity index (χ0n) is 6.44. The number of pyridine rings is 1. The van der Waals surface area contributed by atoms with E-state index in [2.05, 4.69) is 4.98 Å². The van der Waals surface area contributed by atoms with E-state index in [4.69, 9.17) is 16.1 Å². The first-order valence-electron chi connectivity index (χ1n) is 3.50. The van der Waals surface area contributed by atoms with Crippen molar-refractivity contribution in [3.05, 3.63) is 29.6 Å². The molecule has 1 atom stereocenters. The van der Waals surface area contributed by atoms with E-state index < -0.39 is 6.04 Å². The van der Waals surface area contributed by atoms with Gasteiger partial charge in [-0.25, -0.2) is 0 Å². The van der Waals surface area contributed by atoms with Crippen LogP contribution in [-0.2, 0) is 0 Å². The van der Waals surface area contributed by atoms with Crippen molar-refractivity contribution >= 4 is 0 Å². The molecular weight excluding hydrogens is 154 g/mol. The number of rotatable bonds is 2. The molecule has 0 aliphatic carbocycles. The summed E-state index contributed by atoms with van der Waals surface area (Å²) in [5.74, 6) is 0. The zero-order valence-corrected chi connectivity index (χ0v) is 6.44. The highest BCUT2D eigenvalue weighted by atomic mass is 16.3. The molecular formula is C8H9N3O. The number of aromatic nitrogens is 1. The van der Waals surface area contributed by atoms with Crippen molar-refractivity contribution in [2.24, 2.45) is 5.73 Å². The van der Waals surface area contributed by atoms with Gasteiger partial charge in [0.2, 0.25) is 0 Å². The summed E-state index contributed by atoms with van der Waals surface area (Å²) in [5, 5.41) is 17.4. The van der Waals surface area contributed by atoms with Gasteiger partial charge in [0, 0.05) is 12.4 Å². The van der Waals surface area contributed by atoms with Gasteiger partial charge in [0.25, 0.3) is 0 Å². The number of hydrogen-bond acceptors (Lipinski definition) is 4. The smallest absolute Gasteiger partial charge is 0.101 e. The maximum Gasteiger partial charge on any atom is 0.101 e. The van der Waals surface area contributed by atoms with Gasteiger partial charge in [-0.15, -0.1) is 0 Å². The summed E-state index contributed by atoms with van der Waals surface area (Å²) in [4.78, 5) is 3.77. The van der Waals surface area contributed by atoms with Gasteiger partial charge in [-0.3, -0.25) is 4.98 Å². The van der Waals surface area contributed by atoms with Gasteiger partial charge in [-0.1, -0.05) is 0 Å². The van der Waals surface area contributed by atoms with Crippen molar-refractivity contribution < 1.29 is 5.11 Å². The lowest BCUT2D eigenvalue weighted by atomic mass is 10.1. The van der Waals surface area contributed by atoms with E-state index in [1.54, 1.807) is 12.3 Å². The summed E-state index contributed by atoms with van der Waals surface area (Å²) in [6, 6.07) is 3.10. The quantitative estimate of drug-likeness (QED) is 0.640. The molecule has 1 heterocycles. The van der Waals surface area contributed by atoms with Gasteiger partial charge in [0.15, 0.2) is 0 Å². The lowest BCUT2D eigenvalue weighted by Gasteiger charge is -2.08. The van der Waals surface area contributed by atoms with E-state index >= 15 is 0 Å². The predicted molar refractivity (Wildman–Crippen MR) is 43.0 cm³/mol. The fourth-order valence-electron chi connectivity index (χ4n) is 0.920. The van der Waals surface area contributed by atoms with Crippen LogP contribution in [-0.4, -0.2) is 16.7 Å². The molecule has 0 fully saturated rings. The number of aliphatic hydroxyl groups excluding tert-OH is 1. The SMILES string of the molecule is N#Cc1cnccc1[C@H](N)CO. The molecule has 0 aliphatic rings. The minimum Gasteiger partial charge on any atom is -0.394 e. The Kier molecular flexibility index (Phi) is 2.75. The molecule has 1 aromatic heterocycles. The minimum absolute atomic E-state index is 0.168. The summed E-state index contributed by atoms with van der Waals surface area (Å²) >= 11 is 0. The van der Waals surface area contributed by atoms with Gasteiger partial charge >= 0.3 is 0 Å². The van der Waals surface area contributed by atoms with Gasteiger partial charge in [0.05, 0.1) is 18.2 Å². The topological polar surface area (TPSA) is 82.9 Å². The molecule has 0 aliphatic heterocycles. The summed E-state index contributed by atoms with van der Waals surface area (Å²) < 4.78 is 0. The van der Waals surface area contributed by atoms with Crippen molar-refractivity contribution in [3.8, 4) is 6.07 Å². The fourth-order valence-corrected chi connectivity index (χ4v) is 0.920. The Labute approximate surface area is 70.3 Å². The molecule has 0 radical (unpaired) electrons. The van der Waals surface area contributed by atoms with E-state index in [0.29, 0.717) is 11.1 Å². The molecule has 12 heavy (non-hydrogen) atoms. The normalized spacial score (nSPS) is 12.1. The molecule has 0 bridgehead atoms. The van der Waals surface area contributed by atoms with Crippen molar-refractivity contribution in [3.63, 3.8) is 0 Å². The summed E-state index contributed by atoms with van der Waals surface area (Å²) in [6.07, 6.45) is 2.98. The number of aliphatic hydroxyl groups is 1. The number of nitriles is 1. The maximum atomic E-state index is 8.75. The molecule has 0 aromatic carbocycles. The van der Waals surface area contributed by atoms with Crippen molar-refractivity contribution in [1.29, 1.82) is 5.26 Å². The second kappa shape index (κ2) is 3.81. The third kappa shape index (κ3) is 1.59. The largest absolute Gasteiger partial charge is 0.394 e. The van der Waals surface area contributed by atoms with Crippen LogP contribution >= 0.6 is 0 Å². The van der Waals surface area contributed by atoms with Gasteiger partial charge in [-0.05, 0) is 11.6 Å². The third-order valence-electron chi connectivity index (χ3n) is 1.57. The standard InChI is InChI=1S/C8H9N3O/c9-3-6-4-11-2-1-7(6)8(10)5-12/h1-2,4,8,12H,5,10H2/t8-/m1/s1. The fraction of sp³-hybridized carbons (Fsp3) is 0.250. The van der Waals surface area contributed by atoms with Crippen LogP contribution in [0.25, 0.3) is 0 Å². The van der Waals surface area contributed by atoms with Crippen LogP contribution in [0.3, 0.4) is 0 Å². The van der Waals surface area contributed by atoms with E-state index in [9.17, 15) is 0 Å². The highest BCUT2D eigenvalue weighted by molar-refractivity contribution is 5.36. The van der Waals surface area contributed by atoms with E-state index in [-0.39, 0.29) is 6.61 Å². The zero-order chi connectivity index (χ0) is 8.97. The summed E-state index contributed by atoms with van der Waals surface area (Å²) in [6.45, 7) is -0.168. The molecule has 0 saturated heterocycles. The first-order chi connectivity index (χ1) is 5.79. The first kappa shape index (κ1) is 8.65. The third-order valence-corrected chi connectivity index (χ3v) is 1.57. The molecule has 0 amide bonds. The highest BCUT2D eigenvalue weighted by Crippen LogP contribution is 2.12. The number of nitrogens with two attached hydrogens (primary N) is 1. The summed E-state index contributed by atoms with van der Waals surface area (Å²) in [5.41, 5.74) is 6.59. The van der Waals surface area contributed by atoms with Crippen LogP contribution in [0, 0.1) is 11.3 Å². The Hall–Kier alpha value is -1.44. The molecule has 0 unspecified atom stereocenters. The Morgan fingerprint density at radius 2 is 2.50 bits per heavy atom. The van der Waals surface area contributed by atoms with E-state index in [1.807, 2.05) is 6.07 Å². The average molecular weight is 163 g/mol. The lowest BCUT2D eigenvalue weighted by Crippen LogP contribution is -2.15. The maximum absolute atomic E-state index is 8.75. The minimum atomic E-state index is -0.498.